The van der Waals surface area contributed by atoms with Crippen molar-refractivity contribution in [2.45, 2.75) is 13.3 Å². The number of hydrogen-bond donors (Lipinski definition) is 2. The van der Waals surface area contributed by atoms with E-state index < -0.39 is 5.82 Å². The van der Waals surface area contributed by atoms with Gasteiger partial charge in [-0.15, -0.1) is 0 Å². The number of nitrogens with one attached hydrogen (secondary N) is 2. The van der Waals surface area contributed by atoms with Gasteiger partial charge in [-0.25, -0.2) is 9.37 Å². The van der Waals surface area contributed by atoms with Crippen LogP contribution in [0, 0.1) is 5.82 Å². The first kappa shape index (κ1) is 14.0. The maximum atomic E-state index is 13.3. The van der Waals surface area contributed by atoms with Gasteiger partial charge in [0, 0.05) is 12.7 Å². The molecule has 0 unspecified atom stereocenters. The van der Waals surface area contributed by atoms with Crippen LogP contribution >= 0.6 is 0 Å². The lowest BCUT2D eigenvalue weighted by Crippen LogP contribution is -2.16. The maximum Gasteiger partial charge on any atom is 0.259 e. The molecule has 1 amide bonds. The zero-order chi connectivity index (χ0) is 14.5. The standard InChI is InChI=1S/C15H16FN3O/c1-3-10-6-4-5-7-13(10)19-15(20)12-8-11(16)9-18-14(12)17-2/h4-9H,3H2,1-2H3,(H,17,18)(H,19,20). The highest BCUT2D eigenvalue weighted by Crippen LogP contribution is 2.19. The molecular formula is C15H16FN3O. The molecule has 0 fully saturated rings. The van der Waals surface area contributed by atoms with Gasteiger partial charge in [-0.3, -0.25) is 4.79 Å². The number of aryl methyl sites for hydroxylation is 1. The molecule has 104 valence electrons. The molecule has 1 heterocycles. The molecule has 0 atom stereocenters. The van der Waals surface area contributed by atoms with Crippen molar-refractivity contribution in [1.82, 2.24) is 4.98 Å². The van der Waals surface area contributed by atoms with Crippen molar-refractivity contribution in [1.29, 1.82) is 0 Å². The van der Waals surface area contributed by atoms with Gasteiger partial charge >= 0.3 is 0 Å². The summed E-state index contributed by atoms with van der Waals surface area (Å²) in [6.45, 7) is 2.01. The monoisotopic (exact) mass is 273 g/mol. The molecule has 0 bridgehead atoms. The second-order valence-electron chi connectivity index (χ2n) is 4.26. The number of pyridine rings is 1. The minimum atomic E-state index is -0.544. The normalized spacial score (nSPS) is 10.2. The molecule has 1 aromatic carbocycles. The first-order chi connectivity index (χ1) is 9.65. The Balaban J connectivity index is 2.30. The second kappa shape index (κ2) is 6.14. The number of rotatable bonds is 4. The summed E-state index contributed by atoms with van der Waals surface area (Å²) >= 11 is 0. The van der Waals surface area contributed by atoms with E-state index in [2.05, 4.69) is 15.6 Å². The fourth-order valence-electron chi connectivity index (χ4n) is 1.95. The number of anilines is 2. The van der Waals surface area contributed by atoms with Gasteiger partial charge in [0.15, 0.2) is 0 Å². The van der Waals surface area contributed by atoms with Crippen molar-refractivity contribution in [3.05, 3.63) is 53.5 Å². The van der Waals surface area contributed by atoms with Gasteiger partial charge in [0.1, 0.15) is 11.6 Å². The summed E-state index contributed by atoms with van der Waals surface area (Å²) in [4.78, 5) is 16.1. The summed E-state index contributed by atoms with van der Waals surface area (Å²) in [6.07, 6.45) is 1.87. The number of para-hydroxylation sites is 1. The minimum Gasteiger partial charge on any atom is -0.372 e. The quantitative estimate of drug-likeness (QED) is 0.900. The maximum absolute atomic E-state index is 13.3. The van der Waals surface area contributed by atoms with Gasteiger partial charge in [0.25, 0.3) is 5.91 Å². The van der Waals surface area contributed by atoms with Crippen LogP contribution in [0.4, 0.5) is 15.9 Å². The van der Waals surface area contributed by atoms with E-state index in [9.17, 15) is 9.18 Å². The van der Waals surface area contributed by atoms with Gasteiger partial charge in [0.2, 0.25) is 0 Å². The number of aromatic nitrogens is 1. The van der Waals surface area contributed by atoms with E-state index in [0.29, 0.717) is 5.82 Å². The summed E-state index contributed by atoms with van der Waals surface area (Å²) < 4.78 is 13.3. The molecular weight excluding hydrogens is 257 g/mol. The van der Waals surface area contributed by atoms with E-state index in [1.54, 1.807) is 7.05 Å². The van der Waals surface area contributed by atoms with E-state index in [1.165, 1.54) is 6.07 Å². The molecule has 0 saturated heterocycles. The van der Waals surface area contributed by atoms with Gasteiger partial charge in [-0.2, -0.15) is 0 Å². The second-order valence-corrected chi connectivity index (χ2v) is 4.26. The highest BCUT2D eigenvalue weighted by Gasteiger charge is 2.14. The van der Waals surface area contributed by atoms with E-state index >= 15 is 0 Å². The minimum absolute atomic E-state index is 0.179. The summed E-state index contributed by atoms with van der Waals surface area (Å²) in [6, 6.07) is 8.69. The first-order valence-electron chi connectivity index (χ1n) is 6.38. The summed E-state index contributed by atoms with van der Waals surface area (Å²) in [5.74, 6) is -0.585. The van der Waals surface area contributed by atoms with Crippen molar-refractivity contribution < 1.29 is 9.18 Å². The summed E-state index contributed by atoms with van der Waals surface area (Å²) in [5, 5.41) is 5.57. The SMILES string of the molecule is CCc1ccccc1NC(=O)c1cc(F)cnc1NC. The fraction of sp³-hybridized carbons (Fsp3) is 0.200. The third-order valence-corrected chi connectivity index (χ3v) is 2.98. The van der Waals surface area contributed by atoms with Gasteiger partial charge in [-0.05, 0) is 24.1 Å². The number of amides is 1. The molecule has 0 aliphatic rings. The van der Waals surface area contributed by atoms with Crippen LogP contribution in [0.5, 0.6) is 0 Å². The number of benzene rings is 1. The predicted octanol–water partition coefficient (Wildman–Crippen LogP) is 3.08. The molecule has 1 aromatic heterocycles. The Hall–Kier alpha value is -2.43. The molecule has 5 heteroatoms. The van der Waals surface area contributed by atoms with Crippen molar-refractivity contribution in [3.8, 4) is 0 Å². The molecule has 2 N–H and O–H groups in total. The molecule has 0 radical (unpaired) electrons. The van der Waals surface area contributed by atoms with Crippen LogP contribution in [-0.4, -0.2) is 17.9 Å². The van der Waals surface area contributed by atoms with Crippen LogP contribution in [0.2, 0.25) is 0 Å². The van der Waals surface area contributed by atoms with Gasteiger partial charge < -0.3 is 10.6 Å². The predicted molar refractivity (Wildman–Crippen MR) is 77.5 cm³/mol. The van der Waals surface area contributed by atoms with Crippen LogP contribution in [0.3, 0.4) is 0 Å². The Morgan fingerprint density at radius 3 is 2.80 bits per heavy atom. The Labute approximate surface area is 117 Å². The first-order valence-corrected chi connectivity index (χ1v) is 6.38. The van der Waals surface area contributed by atoms with Crippen molar-refractivity contribution in [2.24, 2.45) is 0 Å². The molecule has 0 spiro atoms. The van der Waals surface area contributed by atoms with Crippen LogP contribution in [0.25, 0.3) is 0 Å². The number of nitrogens with zero attached hydrogens (tertiary/aromatic N) is 1. The third kappa shape index (κ3) is 2.93. The number of carbonyl (C=O) groups is 1. The molecule has 2 aromatic rings. The molecule has 0 saturated carbocycles. The van der Waals surface area contributed by atoms with E-state index in [4.69, 9.17) is 0 Å². The van der Waals surface area contributed by atoms with Crippen LogP contribution in [-0.2, 0) is 6.42 Å². The van der Waals surface area contributed by atoms with Crippen molar-refractivity contribution in [3.63, 3.8) is 0 Å². The lowest BCUT2D eigenvalue weighted by molar-refractivity contribution is 0.102. The molecule has 4 nitrogen and oxygen atoms in total. The lowest BCUT2D eigenvalue weighted by Gasteiger charge is -2.11. The zero-order valence-electron chi connectivity index (χ0n) is 11.4. The molecule has 0 aliphatic carbocycles. The Morgan fingerprint density at radius 2 is 2.10 bits per heavy atom. The molecule has 2 rings (SSSR count). The summed E-state index contributed by atoms with van der Waals surface area (Å²) in [7, 11) is 1.64. The highest BCUT2D eigenvalue weighted by atomic mass is 19.1. The smallest absolute Gasteiger partial charge is 0.259 e. The summed E-state index contributed by atoms with van der Waals surface area (Å²) in [5.41, 5.74) is 1.93. The van der Waals surface area contributed by atoms with Crippen molar-refractivity contribution in [2.75, 3.05) is 17.7 Å². The van der Waals surface area contributed by atoms with Crippen LogP contribution < -0.4 is 10.6 Å². The largest absolute Gasteiger partial charge is 0.372 e. The molecule has 0 aliphatic heterocycles. The number of carbonyl (C=O) groups excluding carboxylic acids is 1. The van der Waals surface area contributed by atoms with Gasteiger partial charge in [0.05, 0.1) is 11.8 Å². The van der Waals surface area contributed by atoms with Crippen LogP contribution in [0.15, 0.2) is 36.5 Å². The average molecular weight is 273 g/mol. The average Bonchev–Trinajstić information content (AvgIpc) is 2.47. The van der Waals surface area contributed by atoms with Crippen molar-refractivity contribution >= 4 is 17.4 Å². The highest BCUT2D eigenvalue weighted by molar-refractivity contribution is 6.07. The third-order valence-electron chi connectivity index (χ3n) is 2.98. The zero-order valence-corrected chi connectivity index (χ0v) is 11.4. The van der Waals surface area contributed by atoms with Crippen LogP contribution in [0.1, 0.15) is 22.8 Å². The van der Waals surface area contributed by atoms with E-state index in [1.807, 2.05) is 31.2 Å². The number of halogens is 1. The van der Waals surface area contributed by atoms with E-state index in [-0.39, 0.29) is 11.5 Å². The topological polar surface area (TPSA) is 54.0 Å². The molecule has 20 heavy (non-hydrogen) atoms. The lowest BCUT2D eigenvalue weighted by atomic mass is 10.1. The Kier molecular flexibility index (Phi) is 4.30. The van der Waals surface area contributed by atoms with Gasteiger partial charge in [-0.1, -0.05) is 25.1 Å². The van der Waals surface area contributed by atoms with E-state index in [0.717, 1.165) is 23.9 Å². The number of hydrogen-bond acceptors (Lipinski definition) is 3. The Bertz CT molecular complexity index is 628. The fourth-order valence-corrected chi connectivity index (χ4v) is 1.95. The Morgan fingerprint density at radius 1 is 1.35 bits per heavy atom.